The lowest BCUT2D eigenvalue weighted by Gasteiger charge is -2.20. The molecular formula is C16H21N3O2S2. The topological polar surface area (TPSA) is 82.0 Å². The summed E-state index contributed by atoms with van der Waals surface area (Å²) in [4.78, 5) is 24.3. The molecule has 1 aromatic rings. The third-order valence-corrected chi connectivity index (χ3v) is 5.89. The minimum Gasteiger partial charge on any atom is -0.341 e. The normalized spacial score (nSPS) is 12.1. The van der Waals surface area contributed by atoms with Crippen LogP contribution in [0.3, 0.4) is 0 Å². The summed E-state index contributed by atoms with van der Waals surface area (Å²) in [5.74, 6) is -0.223. The number of benzene rings is 1. The molecule has 0 fully saturated rings. The van der Waals surface area contributed by atoms with Gasteiger partial charge in [-0.3, -0.25) is 9.59 Å². The van der Waals surface area contributed by atoms with Crippen LogP contribution < -0.4 is 10.6 Å². The number of carbonyl (C=O) groups excluding carboxylic acids is 2. The maximum Gasteiger partial charge on any atom is 0.251 e. The molecule has 2 amide bonds. The van der Waals surface area contributed by atoms with Gasteiger partial charge >= 0.3 is 0 Å². The summed E-state index contributed by atoms with van der Waals surface area (Å²) in [6.45, 7) is 6.17. The number of amides is 2. The van der Waals surface area contributed by atoms with Crippen molar-refractivity contribution in [2.24, 2.45) is 0 Å². The fraction of sp³-hybridized carbons (Fsp3) is 0.438. The molecule has 2 N–H and O–H groups in total. The van der Waals surface area contributed by atoms with Crippen LogP contribution in [0, 0.1) is 11.3 Å². The number of nitrogens with one attached hydrogen (secondary N) is 2. The Bertz CT molecular complexity index is 565. The van der Waals surface area contributed by atoms with Crippen LogP contribution in [0.15, 0.2) is 30.3 Å². The van der Waals surface area contributed by atoms with Crippen LogP contribution in [0.25, 0.3) is 0 Å². The van der Waals surface area contributed by atoms with E-state index in [1.807, 2.05) is 12.1 Å². The van der Waals surface area contributed by atoms with Gasteiger partial charge in [0.1, 0.15) is 12.6 Å². The van der Waals surface area contributed by atoms with E-state index in [1.165, 1.54) is 10.8 Å². The fourth-order valence-corrected chi connectivity index (χ4v) is 4.01. The SMILES string of the molecule is CC(C)(C)SSC[C@H](NC(=O)c1ccccc1)C(=O)NCC#N. The van der Waals surface area contributed by atoms with Crippen LogP contribution in [0.4, 0.5) is 0 Å². The van der Waals surface area contributed by atoms with E-state index >= 15 is 0 Å². The predicted octanol–water partition coefficient (Wildman–Crippen LogP) is 2.60. The van der Waals surface area contributed by atoms with Crippen molar-refractivity contribution in [2.45, 2.75) is 31.6 Å². The molecular weight excluding hydrogens is 330 g/mol. The monoisotopic (exact) mass is 351 g/mol. The highest BCUT2D eigenvalue weighted by Crippen LogP contribution is 2.35. The van der Waals surface area contributed by atoms with Crippen LogP contribution >= 0.6 is 21.6 Å². The Kier molecular flexibility index (Phi) is 8.00. The molecule has 23 heavy (non-hydrogen) atoms. The second-order valence-corrected chi connectivity index (χ2v) is 8.92. The molecule has 0 bridgehead atoms. The van der Waals surface area contributed by atoms with Gasteiger partial charge in [-0.15, -0.1) is 0 Å². The summed E-state index contributed by atoms with van der Waals surface area (Å²) in [5.41, 5.74) is 0.499. The summed E-state index contributed by atoms with van der Waals surface area (Å²) >= 11 is 0. The van der Waals surface area contributed by atoms with Gasteiger partial charge in [-0.25, -0.2) is 0 Å². The number of nitriles is 1. The first-order chi connectivity index (χ1) is 10.8. The quantitative estimate of drug-likeness (QED) is 0.583. The predicted molar refractivity (Wildman–Crippen MR) is 96.1 cm³/mol. The van der Waals surface area contributed by atoms with E-state index in [4.69, 9.17) is 5.26 Å². The molecule has 0 saturated carbocycles. The zero-order valence-electron chi connectivity index (χ0n) is 13.5. The molecule has 0 aromatic heterocycles. The Morgan fingerprint density at radius 2 is 1.91 bits per heavy atom. The van der Waals surface area contributed by atoms with Gasteiger partial charge in [-0.1, -0.05) is 60.6 Å². The highest BCUT2D eigenvalue weighted by atomic mass is 33.1. The van der Waals surface area contributed by atoms with Gasteiger partial charge in [0.05, 0.1) is 6.07 Å². The van der Waals surface area contributed by atoms with Crippen molar-refractivity contribution < 1.29 is 9.59 Å². The van der Waals surface area contributed by atoms with Crippen molar-refractivity contribution in [3.8, 4) is 6.07 Å². The van der Waals surface area contributed by atoms with Gasteiger partial charge in [-0.2, -0.15) is 5.26 Å². The Morgan fingerprint density at radius 1 is 1.26 bits per heavy atom. The second kappa shape index (κ2) is 9.48. The number of nitrogens with zero attached hydrogens (tertiary/aromatic N) is 1. The molecule has 124 valence electrons. The molecule has 0 aliphatic heterocycles. The standard InChI is InChI=1S/C16H21N3O2S2/c1-16(2,3)23-22-11-13(15(21)18-10-9-17)19-14(20)12-7-5-4-6-8-12/h4-8,13H,10-11H2,1-3H3,(H,18,21)(H,19,20)/t13-/m0/s1. The van der Waals surface area contributed by atoms with Gasteiger partial charge in [0.25, 0.3) is 5.91 Å². The van der Waals surface area contributed by atoms with E-state index < -0.39 is 6.04 Å². The molecule has 0 aliphatic rings. The van der Waals surface area contributed by atoms with E-state index in [1.54, 1.807) is 35.1 Å². The maximum absolute atomic E-state index is 12.2. The third kappa shape index (κ3) is 7.95. The van der Waals surface area contributed by atoms with Crippen LogP contribution in [0.2, 0.25) is 0 Å². The lowest BCUT2D eigenvalue weighted by molar-refractivity contribution is -0.122. The second-order valence-electron chi connectivity index (χ2n) is 5.75. The molecule has 5 nitrogen and oxygen atoms in total. The Hall–Kier alpha value is -1.65. The molecule has 0 unspecified atom stereocenters. The summed E-state index contributed by atoms with van der Waals surface area (Å²) in [6.07, 6.45) is 0. The molecule has 0 saturated heterocycles. The van der Waals surface area contributed by atoms with Crippen molar-refractivity contribution in [2.75, 3.05) is 12.3 Å². The zero-order chi connectivity index (χ0) is 17.3. The van der Waals surface area contributed by atoms with Gasteiger partial charge in [0.15, 0.2) is 0 Å². The maximum atomic E-state index is 12.2. The first kappa shape index (κ1) is 19.4. The van der Waals surface area contributed by atoms with Gasteiger partial charge in [0, 0.05) is 16.1 Å². The number of carbonyl (C=O) groups is 2. The van der Waals surface area contributed by atoms with E-state index in [0.29, 0.717) is 11.3 Å². The fourth-order valence-electron chi connectivity index (χ4n) is 1.54. The number of hydrogen-bond donors (Lipinski definition) is 2. The van der Waals surface area contributed by atoms with Crippen molar-refractivity contribution in [1.82, 2.24) is 10.6 Å². The largest absolute Gasteiger partial charge is 0.341 e. The highest BCUT2D eigenvalue weighted by Gasteiger charge is 2.22. The van der Waals surface area contributed by atoms with Crippen LogP contribution in [0.5, 0.6) is 0 Å². The lowest BCUT2D eigenvalue weighted by Crippen LogP contribution is -2.48. The molecule has 0 radical (unpaired) electrons. The summed E-state index contributed by atoms with van der Waals surface area (Å²) < 4.78 is 0.0573. The smallest absolute Gasteiger partial charge is 0.251 e. The first-order valence-corrected chi connectivity index (χ1v) is 9.46. The summed E-state index contributed by atoms with van der Waals surface area (Å²) in [7, 11) is 3.17. The Balaban J connectivity index is 2.68. The van der Waals surface area contributed by atoms with Gasteiger partial charge in [0.2, 0.25) is 5.91 Å². The zero-order valence-corrected chi connectivity index (χ0v) is 15.1. The minimum atomic E-state index is -0.684. The van der Waals surface area contributed by atoms with Gasteiger partial charge < -0.3 is 10.6 Å². The van der Waals surface area contributed by atoms with E-state index in [2.05, 4.69) is 31.4 Å². The third-order valence-electron chi connectivity index (χ3n) is 2.54. The molecule has 1 aromatic carbocycles. The molecule has 1 rings (SSSR count). The minimum absolute atomic E-state index is 0.0573. The van der Waals surface area contributed by atoms with Crippen molar-refractivity contribution >= 4 is 33.4 Å². The van der Waals surface area contributed by atoms with E-state index in [9.17, 15) is 9.59 Å². The summed E-state index contributed by atoms with van der Waals surface area (Å²) in [5, 5.41) is 13.8. The first-order valence-electron chi connectivity index (χ1n) is 7.14. The molecule has 0 aliphatic carbocycles. The van der Waals surface area contributed by atoms with Gasteiger partial charge in [-0.05, 0) is 12.1 Å². The van der Waals surface area contributed by atoms with Crippen molar-refractivity contribution in [3.05, 3.63) is 35.9 Å². The van der Waals surface area contributed by atoms with Crippen molar-refractivity contribution in [1.29, 1.82) is 5.26 Å². The van der Waals surface area contributed by atoms with E-state index in [-0.39, 0.29) is 23.1 Å². The van der Waals surface area contributed by atoms with Crippen molar-refractivity contribution in [3.63, 3.8) is 0 Å². The Labute approximate surface area is 145 Å². The molecule has 1 atom stereocenters. The highest BCUT2D eigenvalue weighted by molar-refractivity contribution is 8.77. The van der Waals surface area contributed by atoms with Crippen LogP contribution in [0.1, 0.15) is 31.1 Å². The van der Waals surface area contributed by atoms with Crippen LogP contribution in [-0.2, 0) is 4.79 Å². The van der Waals surface area contributed by atoms with E-state index in [0.717, 1.165) is 0 Å². The van der Waals surface area contributed by atoms with Crippen LogP contribution in [-0.4, -0.2) is 34.9 Å². The summed E-state index contributed by atoms with van der Waals surface area (Å²) in [6, 6.07) is 9.92. The number of hydrogen-bond acceptors (Lipinski definition) is 5. The molecule has 7 heteroatoms. The molecule has 0 spiro atoms. The number of rotatable bonds is 7. The molecule has 0 heterocycles. The lowest BCUT2D eigenvalue weighted by atomic mass is 10.2. The average Bonchev–Trinajstić information content (AvgIpc) is 2.51. The Morgan fingerprint density at radius 3 is 2.48 bits per heavy atom. The average molecular weight is 351 g/mol.